The van der Waals surface area contributed by atoms with Gasteiger partial charge >= 0.3 is 0 Å². The number of carbonyl (C=O) groups excluding carboxylic acids is 1. The normalized spacial score (nSPS) is 19.6. The van der Waals surface area contributed by atoms with E-state index >= 15 is 0 Å². The van der Waals surface area contributed by atoms with Gasteiger partial charge in [-0.3, -0.25) is 9.78 Å². The summed E-state index contributed by atoms with van der Waals surface area (Å²) in [7, 11) is -0.483. The fraction of sp³-hybridized carbons (Fsp3) is 0.538. The summed E-state index contributed by atoms with van der Waals surface area (Å²) in [6.07, 6.45) is 2.82. The first-order valence-corrected chi connectivity index (χ1v) is 8.07. The van der Waals surface area contributed by atoms with Crippen LogP contribution in [0.5, 0.6) is 0 Å². The average Bonchev–Trinajstić information content (AvgIpc) is 2.44. The molecule has 2 heterocycles. The number of sulfonamides is 1. The van der Waals surface area contributed by atoms with E-state index in [1.165, 1.54) is 16.7 Å². The molecule has 1 saturated heterocycles. The van der Waals surface area contributed by atoms with Crippen molar-refractivity contribution in [3.63, 3.8) is 0 Å². The Kier molecular flexibility index (Phi) is 3.94. The van der Waals surface area contributed by atoms with E-state index in [-0.39, 0.29) is 17.3 Å². The molecule has 0 radical (unpaired) electrons. The zero-order chi connectivity index (χ0) is 15.8. The number of carbonyl (C=O) groups is 1. The first-order chi connectivity index (χ1) is 9.72. The lowest BCUT2D eigenvalue weighted by Crippen LogP contribution is -2.63. The van der Waals surface area contributed by atoms with E-state index < -0.39 is 15.6 Å². The van der Waals surface area contributed by atoms with Gasteiger partial charge in [0.05, 0.1) is 5.69 Å². The van der Waals surface area contributed by atoms with Crippen molar-refractivity contribution < 1.29 is 13.2 Å². The summed E-state index contributed by atoms with van der Waals surface area (Å²) in [5, 5.41) is 2.85. The Bertz CT molecular complexity index is 657. The molecule has 0 spiro atoms. The summed E-state index contributed by atoms with van der Waals surface area (Å²) in [5.41, 5.74) is -0.653. The number of piperazine rings is 1. The Labute approximate surface area is 125 Å². The lowest BCUT2D eigenvalue weighted by molar-refractivity contribution is -0.142. The third-order valence-electron chi connectivity index (χ3n) is 3.75. The second-order valence-electron chi connectivity index (χ2n) is 5.48. The van der Waals surface area contributed by atoms with Gasteiger partial charge in [-0.1, -0.05) is 0 Å². The van der Waals surface area contributed by atoms with Gasteiger partial charge in [-0.05, 0) is 19.9 Å². The zero-order valence-electron chi connectivity index (χ0n) is 12.6. The van der Waals surface area contributed by atoms with E-state index in [9.17, 15) is 13.2 Å². The highest BCUT2D eigenvalue weighted by Crippen LogP contribution is 2.31. The number of nitrogens with zero attached hydrogens (tertiary/aromatic N) is 3. The molecule has 1 aromatic rings. The minimum atomic E-state index is -3.81. The topological polar surface area (TPSA) is 82.6 Å². The molecule has 1 aliphatic rings. The number of nitrogens with one attached hydrogen (secondary N) is 1. The smallest absolute Gasteiger partial charge is 0.247 e. The predicted molar refractivity (Wildman–Crippen MR) is 79.4 cm³/mol. The lowest BCUT2D eigenvalue weighted by atomic mass is 10.0. The monoisotopic (exact) mass is 312 g/mol. The highest BCUT2D eigenvalue weighted by molar-refractivity contribution is 7.89. The van der Waals surface area contributed by atoms with Gasteiger partial charge in [0.25, 0.3) is 0 Å². The molecule has 1 amide bonds. The Morgan fingerprint density at radius 3 is 2.62 bits per heavy atom. The van der Waals surface area contributed by atoms with E-state index in [4.69, 9.17) is 0 Å². The number of hydrogen-bond acceptors (Lipinski definition) is 5. The number of pyridine rings is 1. The second-order valence-corrected chi connectivity index (χ2v) is 7.32. The summed E-state index contributed by atoms with van der Waals surface area (Å²) < 4.78 is 27.1. The van der Waals surface area contributed by atoms with E-state index in [0.717, 1.165) is 0 Å². The molecular formula is C13H20N4O3S. The van der Waals surface area contributed by atoms with Crippen molar-refractivity contribution >= 4 is 21.6 Å². The van der Waals surface area contributed by atoms with Gasteiger partial charge in [0.2, 0.25) is 15.9 Å². The molecule has 1 N–H and O–H groups in total. The van der Waals surface area contributed by atoms with Crippen LogP contribution < -0.4 is 5.32 Å². The summed E-state index contributed by atoms with van der Waals surface area (Å²) in [4.78, 5) is 17.8. The third kappa shape index (κ3) is 2.49. The van der Waals surface area contributed by atoms with Crippen LogP contribution in [0, 0.1) is 0 Å². The minimum Gasteiger partial charge on any atom is -0.387 e. The van der Waals surface area contributed by atoms with E-state index in [0.29, 0.717) is 12.2 Å². The van der Waals surface area contributed by atoms with Crippen molar-refractivity contribution in [2.24, 2.45) is 0 Å². The SMILES string of the molecule is CNc1ccncc1S(=O)(=O)N1CCN(C)C(=O)C1(C)C. The second kappa shape index (κ2) is 5.27. The van der Waals surface area contributed by atoms with Crippen LogP contribution in [-0.4, -0.2) is 61.2 Å². The number of amides is 1. The highest BCUT2D eigenvalue weighted by Gasteiger charge is 2.47. The molecule has 0 unspecified atom stereocenters. The molecule has 8 heteroatoms. The van der Waals surface area contributed by atoms with Crippen LogP contribution in [0.4, 0.5) is 5.69 Å². The van der Waals surface area contributed by atoms with Crippen LogP contribution >= 0.6 is 0 Å². The molecule has 0 aliphatic carbocycles. The van der Waals surface area contributed by atoms with Crippen LogP contribution in [0.25, 0.3) is 0 Å². The van der Waals surface area contributed by atoms with Gasteiger partial charge in [-0.25, -0.2) is 8.42 Å². The van der Waals surface area contributed by atoms with Gasteiger partial charge in [-0.2, -0.15) is 4.31 Å². The van der Waals surface area contributed by atoms with Crippen molar-refractivity contribution in [3.8, 4) is 0 Å². The quantitative estimate of drug-likeness (QED) is 0.871. The van der Waals surface area contributed by atoms with Gasteiger partial charge < -0.3 is 10.2 Å². The Morgan fingerprint density at radius 2 is 2.00 bits per heavy atom. The van der Waals surface area contributed by atoms with Gasteiger partial charge in [0.15, 0.2) is 0 Å². The maximum Gasteiger partial charge on any atom is 0.247 e. The van der Waals surface area contributed by atoms with Gasteiger partial charge in [0, 0.05) is 39.6 Å². The van der Waals surface area contributed by atoms with Gasteiger partial charge in [-0.15, -0.1) is 0 Å². The van der Waals surface area contributed by atoms with Crippen molar-refractivity contribution in [2.75, 3.05) is 32.5 Å². The number of likely N-dealkylation sites (N-methyl/N-ethyl adjacent to an activating group) is 1. The molecule has 0 atom stereocenters. The summed E-state index contributed by atoms with van der Waals surface area (Å²) in [6, 6.07) is 1.60. The highest BCUT2D eigenvalue weighted by atomic mass is 32.2. The van der Waals surface area contributed by atoms with Crippen molar-refractivity contribution in [3.05, 3.63) is 18.5 Å². The van der Waals surface area contributed by atoms with E-state index in [1.807, 2.05) is 0 Å². The number of aromatic nitrogens is 1. The zero-order valence-corrected chi connectivity index (χ0v) is 13.4. The summed E-state index contributed by atoms with van der Waals surface area (Å²) in [5.74, 6) is -0.216. The van der Waals surface area contributed by atoms with Crippen molar-refractivity contribution in [2.45, 2.75) is 24.3 Å². The van der Waals surface area contributed by atoms with Crippen LogP contribution in [0.15, 0.2) is 23.4 Å². The molecule has 0 bridgehead atoms. The van der Waals surface area contributed by atoms with E-state index in [1.54, 1.807) is 38.9 Å². The average molecular weight is 312 g/mol. The third-order valence-corrected chi connectivity index (χ3v) is 5.85. The maximum absolute atomic E-state index is 12.9. The van der Waals surface area contributed by atoms with Crippen molar-refractivity contribution in [1.29, 1.82) is 0 Å². The maximum atomic E-state index is 12.9. The van der Waals surface area contributed by atoms with Crippen molar-refractivity contribution in [1.82, 2.24) is 14.2 Å². The Morgan fingerprint density at radius 1 is 1.33 bits per heavy atom. The first-order valence-electron chi connectivity index (χ1n) is 6.63. The number of rotatable bonds is 3. The fourth-order valence-electron chi connectivity index (χ4n) is 2.53. The lowest BCUT2D eigenvalue weighted by Gasteiger charge is -2.43. The van der Waals surface area contributed by atoms with Crippen LogP contribution in [-0.2, 0) is 14.8 Å². The molecule has 2 rings (SSSR count). The van der Waals surface area contributed by atoms with Gasteiger partial charge in [0.1, 0.15) is 10.4 Å². The fourth-order valence-corrected chi connectivity index (χ4v) is 4.41. The van der Waals surface area contributed by atoms with Crippen LogP contribution in [0.1, 0.15) is 13.8 Å². The summed E-state index contributed by atoms with van der Waals surface area (Å²) >= 11 is 0. The molecule has 0 aromatic carbocycles. The minimum absolute atomic E-state index is 0.0814. The first kappa shape index (κ1) is 15.7. The molecule has 1 aliphatic heterocycles. The molecule has 1 aromatic heterocycles. The largest absolute Gasteiger partial charge is 0.387 e. The van der Waals surface area contributed by atoms with Crippen LogP contribution in [0.2, 0.25) is 0 Å². The Hall–Kier alpha value is -1.67. The number of hydrogen-bond donors (Lipinski definition) is 1. The molecule has 0 saturated carbocycles. The summed E-state index contributed by atoms with van der Waals surface area (Å²) in [6.45, 7) is 3.88. The number of anilines is 1. The molecule has 1 fully saturated rings. The molecule has 116 valence electrons. The Balaban J connectivity index is 2.51. The molecule has 7 nitrogen and oxygen atoms in total. The standard InChI is InChI=1S/C13H20N4O3S/c1-13(2)12(18)16(4)7-8-17(13)21(19,20)11-9-15-6-5-10(11)14-3/h5-6,9H,7-8H2,1-4H3,(H,14,15). The van der Waals surface area contributed by atoms with Crippen LogP contribution in [0.3, 0.4) is 0 Å². The predicted octanol–water partition coefficient (Wildman–Crippen LogP) is 0.365. The molecular weight excluding hydrogens is 292 g/mol. The molecule has 21 heavy (non-hydrogen) atoms. The van der Waals surface area contributed by atoms with E-state index in [2.05, 4.69) is 10.3 Å².